The molecule has 1 aromatic rings. The first-order valence-corrected chi connectivity index (χ1v) is 4.91. The Bertz CT molecular complexity index is 323. The van der Waals surface area contributed by atoms with Crippen LogP contribution in [0.25, 0.3) is 6.08 Å². The lowest BCUT2D eigenvalue weighted by atomic mass is 10.2. The summed E-state index contributed by atoms with van der Waals surface area (Å²) in [6.07, 6.45) is 4.89. The summed E-state index contributed by atoms with van der Waals surface area (Å²) >= 11 is 5.93. The predicted molar refractivity (Wildman–Crippen MR) is 60.7 cm³/mol. The van der Waals surface area contributed by atoms with E-state index in [0.29, 0.717) is 5.02 Å². The molecule has 76 valence electrons. The first-order valence-electron chi connectivity index (χ1n) is 4.53. The number of nitrogens with one attached hydrogen (secondary N) is 1. The van der Waals surface area contributed by atoms with Gasteiger partial charge in [-0.2, -0.15) is 0 Å². The van der Waals surface area contributed by atoms with Crippen LogP contribution in [0.15, 0.2) is 24.3 Å². The van der Waals surface area contributed by atoms with Crippen LogP contribution in [-0.2, 0) is 0 Å². The molecule has 0 amide bonds. The van der Waals surface area contributed by atoms with Crippen LogP contribution in [0.4, 0.5) is 0 Å². The Balaban J connectivity index is 2.65. The SMILES string of the molecule is CNCCC=Cc1cc(O)ccc1Cl. The van der Waals surface area contributed by atoms with E-state index >= 15 is 0 Å². The number of rotatable bonds is 4. The smallest absolute Gasteiger partial charge is 0.116 e. The molecule has 0 saturated carbocycles. The fourth-order valence-corrected chi connectivity index (χ4v) is 1.28. The van der Waals surface area contributed by atoms with Gasteiger partial charge in [0.2, 0.25) is 0 Å². The van der Waals surface area contributed by atoms with E-state index in [2.05, 4.69) is 5.32 Å². The molecular formula is C11H14ClNO. The first-order chi connectivity index (χ1) is 6.74. The summed E-state index contributed by atoms with van der Waals surface area (Å²) in [5, 5.41) is 12.9. The first kappa shape index (κ1) is 11.1. The number of hydrogen-bond acceptors (Lipinski definition) is 2. The average Bonchev–Trinajstić information content (AvgIpc) is 2.18. The molecule has 14 heavy (non-hydrogen) atoms. The molecular weight excluding hydrogens is 198 g/mol. The van der Waals surface area contributed by atoms with Gasteiger partial charge < -0.3 is 10.4 Å². The number of aromatic hydroxyl groups is 1. The fourth-order valence-electron chi connectivity index (χ4n) is 1.10. The summed E-state index contributed by atoms with van der Waals surface area (Å²) in [6, 6.07) is 4.92. The molecule has 0 fully saturated rings. The minimum absolute atomic E-state index is 0.239. The van der Waals surface area contributed by atoms with Gasteiger partial charge in [0.05, 0.1) is 0 Å². The molecule has 2 nitrogen and oxygen atoms in total. The number of phenolic OH excluding ortho intramolecular Hbond substituents is 1. The molecule has 2 N–H and O–H groups in total. The molecule has 0 unspecified atom stereocenters. The van der Waals surface area contributed by atoms with E-state index in [1.54, 1.807) is 18.2 Å². The second-order valence-corrected chi connectivity index (χ2v) is 3.41. The Labute approximate surface area is 89.2 Å². The summed E-state index contributed by atoms with van der Waals surface area (Å²) in [4.78, 5) is 0. The van der Waals surface area contributed by atoms with Crippen molar-refractivity contribution in [1.82, 2.24) is 5.32 Å². The largest absolute Gasteiger partial charge is 0.508 e. The molecule has 0 saturated heterocycles. The minimum Gasteiger partial charge on any atom is -0.508 e. The summed E-state index contributed by atoms with van der Waals surface area (Å²) < 4.78 is 0. The standard InChI is InChI=1S/C11H14ClNO/c1-13-7-3-2-4-9-8-10(14)5-6-11(9)12/h2,4-6,8,13-14H,3,7H2,1H3. The van der Waals surface area contributed by atoms with Crippen LogP contribution in [0.1, 0.15) is 12.0 Å². The van der Waals surface area contributed by atoms with E-state index in [1.807, 2.05) is 19.2 Å². The molecule has 0 radical (unpaired) electrons. The van der Waals surface area contributed by atoms with E-state index in [1.165, 1.54) is 0 Å². The predicted octanol–water partition coefficient (Wildman–Crippen LogP) is 2.67. The average molecular weight is 212 g/mol. The van der Waals surface area contributed by atoms with Crippen molar-refractivity contribution in [2.45, 2.75) is 6.42 Å². The maximum atomic E-state index is 9.24. The second kappa shape index (κ2) is 5.68. The van der Waals surface area contributed by atoms with Crippen molar-refractivity contribution in [1.29, 1.82) is 0 Å². The molecule has 0 aliphatic rings. The van der Waals surface area contributed by atoms with Crippen LogP contribution in [0.3, 0.4) is 0 Å². The third-order valence-corrected chi connectivity index (χ3v) is 2.18. The Hall–Kier alpha value is -0.990. The van der Waals surface area contributed by atoms with E-state index in [0.717, 1.165) is 18.5 Å². The van der Waals surface area contributed by atoms with Crippen LogP contribution < -0.4 is 5.32 Å². The monoisotopic (exact) mass is 211 g/mol. The zero-order valence-corrected chi connectivity index (χ0v) is 8.88. The van der Waals surface area contributed by atoms with Crippen molar-refractivity contribution in [2.75, 3.05) is 13.6 Å². The Morgan fingerprint density at radius 2 is 2.29 bits per heavy atom. The lowest BCUT2D eigenvalue weighted by molar-refractivity contribution is 0.475. The second-order valence-electron chi connectivity index (χ2n) is 3.00. The molecule has 0 bridgehead atoms. The number of benzene rings is 1. The minimum atomic E-state index is 0.239. The third-order valence-electron chi connectivity index (χ3n) is 1.84. The van der Waals surface area contributed by atoms with E-state index in [4.69, 9.17) is 11.6 Å². The molecule has 1 aromatic carbocycles. The van der Waals surface area contributed by atoms with Crippen molar-refractivity contribution >= 4 is 17.7 Å². The van der Waals surface area contributed by atoms with Crippen LogP contribution in [-0.4, -0.2) is 18.7 Å². The van der Waals surface area contributed by atoms with Crippen molar-refractivity contribution in [3.8, 4) is 5.75 Å². The van der Waals surface area contributed by atoms with E-state index in [-0.39, 0.29) is 5.75 Å². The van der Waals surface area contributed by atoms with Crippen molar-refractivity contribution < 1.29 is 5.11 Å². The number of phenols is 1. The van der Waals surface area contributed by atoms with Crippen LogP contribution >= 0.6 is 11.6 Å². The van der Waals surface area contributed by atoms with Crippen LogP contribution in [0.5, 0.6) is 5.75 Å². The Kier molecular flexibility index (Phi) is 4.50. The van der Waals surface area contributed by atoms with Gasteiger partial charge in [0, 0.05) is 5.02 Å². The molecule has 0 aromatic heterocycles. The summed E-state index contributed by atoms with van der Waals surface area (Å²) in [5.74, 6) is 0.239. The zero-order valence-electron chi connectivity index (χ0n) is 8.13. The maximum Gasteiger partial charge on any atom is 0.116 e. The van der Waals surface area contributed by atoms with Crippen molar-refractivity contribution in [2.24, 2.45) is 0 Å². The summed E-state index contributed by atoms with van der Waals surface area (Å²) in [7, 11) is 1.91. The highest BCUT2D eigenvalue weighted by molar-refractivity contribution is 6.32. The highest BCUT2D eigenvalue weighted by Crippen LogP contribution is 2.22. The molecule has 0 aliphatic carbocycles. The van der Waals surface area contributed by atoms with Gasteiger partial charge in [-0.25, -0.2) is 0 Å². The van der Waals surface area contributed by atoms with Gasteiger partial charge >= 0.3 is 0 Å². The maximum absolute atomic E-state index is 9.24. The molecule has 0 spiro atoms. The lowest BCUT2D eigenvalue weighted by Gasteiger charge is -1.99. The van der Waals surface area contributed by atoms with Crippen LogP contribution in [0, 0.1) is 0 Å². The zero-order chi connectivity index (χ0) is 10.4. The van der Waals surface area contributed by atoms with Gasteiger partial charge in [-0.15, -0.1) is 0 Å². The van der Waals surface area contributed by atoms with Gasteiger partial charge in [0.25, 0.3) is 0 Å². The fraction of sp³-hybridized carbons (Fsp3) is 0.273. The molecule has 1 rings (SSSR count). The Morgan fingerprint density at radius 3 is 3.00 bits per heavy atom. The van der Waals surface area contributed by atoms with Crippen LogP contribution in [0.2, 0.25) is 5.02 Å². The summed E-state index contributed by atoms with van der Waals surface area (Å²) in [5.41, 5.74) is 0.850. The Morgan fingerprint density at radius 1 is 1.50 bits per heavy atom. The third kappa shape index (κ3) is 3.40. The van der Waals surface area contributed by atoms with E-state index in [9.17, 15) is 5.11 Å². The molecule has 0 atom stereocenters. The van der Waals surface area contributed by atoms with Gasteiger partial charge in [-0.1, -0.05) is 23.8 Å². The van der Waals surface area contributed by atoms with Crippen molar-refractivity contribution in [3.05, 3.63) is 34.9 Å². The lowest BCUT2D eigenvalue weighted by Crippen LogP contribution is -2.05. The van der Waals surface area contributed by atoms with Gasteiger partial charge in [-0.3, -0.25) is 0 Å². The number of hydrogen-bond donors (Lipinski definition) is 2. The summed E-state index contributed by atoms with van der Waals surface area (Å²) in [6.45, 7) is 0.937. The van der Waals surface area contributed by atoms with E-state index < -0.39 is 0 Å². The normalized spacial score (nSPS) is 11.0. The highest BCUT2D eigenvalue weighted by Gasteiger charge is 1.96. The van der Waals surface area contributed by atoms with Gasteiger partial charge in [0.15, 0.2) is 0 Å². The van der Waals surface area contributed by atoms with Gasteiger partial charge in [0.1, 0.15) is 5.75 Å². The molecule has 3 heteroatoms. The highest BCUT2D eigenvalue weighted by atomic mass is 35.5. The topological polar surface area (TPSA) is 32.3 Å². The van der Waals surface area contributed by atoms with Crippen molar-refractivity contribution in [3.63, 3.8) is 0 Å². The van der Waals surface area contributed by atoms with Gasteiger partial charge in [-0.05, 0) is 43.8 Å². The quantitative estimate of drug-likeness (QED) is 0.751. The number of halogens is 1. The molecule has 0 heterocycles. The molecule has 0 aliphatic heterocycles.